The molecule has 0 heterocycles. The largest absolute Gasteiger partial charge is 1.00 e. The molecule has 1 fully saturated rings. The first kappa shape index (κ1) is 39.9. The minimum Gasteiger partial charge on any atom is -1.00 e. The van der Waals surface area contributed by atoms with Crippen LogP contribution in [0.25, 0.3) is 0 Å². The molecule has 2 rings (SSSR count). The van der Waals surface area contributed by atoms with Gasteiger partial charge in [0, 0.05) is 0 Å². The molecule has 226 valence electrons. The number of esters is 2. The molecular weight excluding hydrogens is 554 g/mol. The van der Waals surface area contributed by atoms with Crippen LogP contribution in [-0.4, -0.2) is 58.6 Å². The maximum absolute atomic E-state index is 12.2. The van der Waals surface area contributed by atoms with Gasteiger partial charge in [-0.2, -0.15) is 8.42 Å². The van der Waals surface area contributed by atoms with Crippen molar-refractivity contribution in [2.45, 2.75) is 128 Å². The summed E-state index contributed by atoms with van der Waals surface area (Å²) in [6.45, 7) is 8.35. The summed E-state index contributed by atoms with van der Waals surface area (Å²) in [4.78, 5) is 24.2. The molecule has 0 spiro atoms. The smallest absolute Gasteiger partial charge is 1.00 e. The SMILES string of the molecule is C1=CC[C]([AlH][CH]2CCCC2)=C1.CCCCC(CC)COC(=O)CC(C(=O)OCC(CC)CCCC)S(=O)(=O)O.[H-].[Na+]. The van der Waals surface area contributed by atoms with Gasteiger partial charge in [-0.3, -0.25) is 14.1 Å². The fourth-order valence-corrected chi connectivity index (χ4v) is 8.04. The molecule has 3 unspecified atom stereocenters. The van der Waals surface area contributed by atoms with Gasteiger partial charge in [0.05, 0.1) is 19.6 Å². The van der Waals surface area contributed by atoms with Gasteiger partial charge >= 0.3 is 41.5 Å². The number of hydrogen-bond donors (Lipinski definition) is 1. The maximum Gasteiger partial charge on any atom is 1.00 e. The van der Waals surface area contributed by atoms with E-state index in [1.807, 2.05) is 13.8 Å². The van der Waals surface area contributed by atoms with E-state index >= 15 is 0 Å². The zero-order valence-corrected chi connectivity index (χ0v) is 30.1. The molecule has 7 nitrogen and oxygen atoms in total. The standard InChI is InChI=1S/C20H38O7S.C5H9.C5H5.Al.Na.2H/c1-5-9-11-16(7-3)14-26-19(21)13-18(28(23,24)25)20(22)27-15-17(8-4)12-10-6-2;2*1-2-4-5-3-1;;;;/h16-18H,5-15H2,1-4H3,(H,23,24,25);1H,2-5H2;1-3H,4H2;;;;/q;;;;+1;;-1. The number of allylic oxidation sites excluding steroid dienone is 4. The van der Waals surface area contributed by atoms with Crippen molar-refractivity contribution in [3.63, 3.8) is 0 Å². The van der Waals surface area contributed by atoms with Crippen molar-refractivity contribution in [3.8, 4) is 0 Å². The van der Waals surface area contributed by atoms with Crippen molar-refractivity contribution in [1.82, 2.24) is 0 Å². The third kappa shape index (κ3) is 17.7. The summed E-state index contributed by atoms with van der Waals surface area (Å²) in [7, 11) is -4.76. The molecule has 2 aliphatic carbocycles. The molecule has 0 aliphatic heterocycles. The first-order chi connectivity index (χ1) is 18.6. The Kier molecular flexibility index (Phi) is 23.3. The first-order valence-corrected chi connectivity index (χ1v) is 18.3. The summed E-state index contributed by atoms with van der Waals surface area (Å²) in [6, 6.07) is 0. The van der Waals surface area contributed by atoms with Crippen LogP contribution in [0.15, 0.2) is 22.7 Å². The van der Waals surface area contributed by atoms with Gasteiger partial charge < -0.3 is 10.9 Å². The van der Waals surface area contributed by atoms with Gasteiger partial charge in [0.2, 0.25) is 0 Å². The van der Waals surface area contributed by atoms with Crippen LogP contribution >= 0.6 is 0 Å². The van der Waals surface area contributed by atoms with E-state index in [4.69, 9.17) is 9.47 Å². The Balaban J connectivity index is 0. The van der Waals surface area contributed by atoms with Gasteiger partial charge in [0.15, 0.2) is 5.25 Å². The van der Waals surface area contributed by atoms with Crippen LogP contribution in [0.5, 0.6) is 0 Å². The second kappa shape index (κ2) is 23.3. The number of carbonyl (C=O) groups excluding carboxylic acids is 2. The van der Waals surface area contributed by atoms with Crippen LogP contribution in [-0.2, 0) is 29.2 Å². The van der Waals surface area contributed by atoms with E-state index in [0.29, 0.717) is 0 Å². The van der Waals surface area contributed by atoms with E-state index in [0.717, 1.165) is 51.4 Å². The van der Waals surface area contributed by atoms with Crippen LogP contribution in [0.3, 0.4) is 0 Å². The third-order valence-electron chi connectivity index (χ3n) is 7.88. The number of hydrogen-bond acceptors (Lipinski definition) is 6. The van der Waals surface area contributed by atoms with Crippen LogP contribution < -0.4 is 29.6 Å². The third-order valence-corrected chi connectivity index (χ3v) is 11.4. The Morgan fingerprint density at radius 3 is 2.00 bits per heavy atom. The van der Waals surface area contributed by atoms with Crippen molar-refractivity contribution in [2.24, 2.45) is 11.8 Å². The minimum atomic E-state index is -4.76. The van der Waals surface area contributed by atoms with E-state index in [2.05, 4.69) is 32.1 Å². The molecule has 0 aromatic heterocycles. The minimum absolute atomic E-state index is 0. The molecule has 0 bridgehead atoms. The zero-order chi connectivity index (χ0) is 29.1. The number of unbranched alkanes of at least 4 members (excludes halogenated alkanes) is 2. The van der Waals surface area contributed by atoms with E-state index < -0.39 is 33.7 Å². The molecule has 0 radical (unpaired) electrons. The normalized spacial score (nSPS) is 17.1. The Morgan fingerprint density at radius 2 is 1.55 bits per heavy atom. The van der Waals surface area contributed by atoms with E-state index in [9.17, 15) is 22.6 Å². The van der Waals surface area contributed by atoms with Gasteiger partial charge in [-0.15, -0.1) is 4.44 Å². The second-order valence-electron chi connectivity index (χ2n) is 11.2. The number of ether oxygens (including phenoxy) is 2. The van der Waals surface area contributed by atoms with E-state index in [-0.39, 0.29) is 71.3 Å². The Hall–Kier alpha value is -0.138. The zero-order valence-electron chi connectivity index (χ0n) is 26.9. The van der Waals surface area contributed by atoms with Gasteiger partial charge in [-0.1, -0.05) is 115 Å². The summed E-state index contributed by atoms with van der Waals surface area (Å²) in [5.41, 5.74) is 0. The molecule has 10 heteroatoms. The number of carbonyl (C=O) groups is 2. The summed E-state index contributed by atoms with van der Waals surface area (Å²) < 4.78 is 45.7. The van der Waals surface area contributed by atoms with Gasteiger partial charge in [-0.05, 0) is 31.1 Å². The summed E-state index contributed by atoms with van der Waals surface area (Å²) >= 11 is 0.163. The Morgan fingerprint density at radius 1 is 1.00 bits per heavy atom. The molecule has 3 atom stereocenters. The molecule has 0 amide bonds. The molecule has 0 saturated heterocycles. The average molecular weight is 609 g/mol. The molecule has 0 aromatic carbocycles. The van der Waals surface area contributed by atoms with Crippen LogP contribution in [0.1, 0.15) is 119 Å². The van der Waals surface area contributed by atoms with Crippen molar-refractivity contribution in [2.75, 3.05) is 13.2 Å². The second-order valence-corrected chi connectivity index (χ2v) is 15.2. The monoisotopic (exact) mass is 608 g/mol. The van der Waals surface area contributed by atoms with Crippen LogP contribution in [0.4, 0.5) is 0 Å². The first-order valence-electron chi connectivity index (χ1n) is 15.3. The molecule has 0 aromatic rings. The quantitative estimate of drug-likeness (QED) is 0.143. The fraction of sp³-hybridized carbons (Fsp3) is 0.800. The Labute approximate surface area is 273 Å². The predicted molar refractivity (Wildman–Crippen MR) is 161 cm³/mol. The van der Waals surface area contributed by atoms with Gasteiger partial charge in [0.25, 0.3) is 25.3 Å². The van der Waals surface area contributed by atoms with E-state index in [1.165, 1.54) is 24.0 Å². The van der Waals surface area contributed by atoms with Crippen molar-refractivity contribution >= 4 is 37.3 Å². The summed E-state index contributed by atoms with van der Waals surface area (Å²) in [5.74, 6) is -1.61. The average Bonchev–Trinajstić information content (AvgIpc) is 3.62. The van der Waals surface area contributed by atoms with Crippen molar-refractivity contribution in [1.29, 1.82) is 0 Å². The van der Waals surface area contributed by atoms with E-state index in [1.54, 1.807) is 17.3 Å². The van der Waals surface area contributed by atoms with Crippen molar-refractivity contribution < 1.29 is 63.0 Å². The maximum atomic E-state index is 12.2. The molecule has 2 aliphatic rings. The fourth-order valence-electron chi connectivity index (χ4n) is 5.05. The summed E-state index contributed by atoms with van der Waals surface area (Å²) in [6.07, 6.45) is 21.1. The molecule has 1 saturated carbocycles. The summed E-state index contributed by atoms with van der Waals surface area (Å²) in [5, 5.41) is -1.95. The molecular formula is C30H54AlNaO7S. The van der Waals surface area contributed by atoms with Crippen LogP contribution in [0, 0.1) is 11.8 Å². The number of rotatable bonds is 18. The van der Waals surface area contributed by atoms with Crippen LogP contribution in [0.2, 0.25) is 4.78 Å². The molecule has 1 N–H and O–H groups in total. The molecule has 40 heavy (non-hydrogen) atoms. The topological polar surface area (TPSA) is 107 Å². The van der Waals surface area contributed by atoms with Crippen molar-refractivity contribution in [3.05, 3.63) is 22.7 Å². The Bertz CT molecular complexity index is 876. The van der Waals surface area contributed by atoms with Gasteiger partial charge in [0.1, 0.15) is 0 Å². The van der Waals surface area contributed by atoms with Gasteiger partial charge in [-0.25, -0.2) is 0 Å². The predicted octanol–water partition coefficient (Wildman–Crippen LogP) is 3.90.